The molecule has 0 bridgehead atoms. The summed E-state index contributed by atoms with van der Waals surface area (Å²) in [6, 6.07) is 8.43. The van der Waals surface area contributed by atoms with Crippen LogP contribution in [-0.4, -0.2) is 15.2 Å². The third-order valence-electron chi connectivity index (χ3n) is 4.07. The predicted octanol–water partition coefficient (Wildman–Crippen LogP) is 4.64. The van der Waals surface area contributed by atoms with E-state index in [1.807, 2.05) is 19.9 Å². The Hall–Kier alpha value is -2.83. The second-order valence-corrected chi connectivity index (χ2v) is 5.79. The molecule has 0 saturated carbocycles. The molecule has 3 rings (SSSR count). The van der Waals surface area contributed by atoms with Crippen molar-refractivity contribution in [3.8, 4) is 0 Å². The number of anilines is 1. The molecule has 0 radical (unpaired) electrons. The third-order valence-corrected chi connectivity index (χ3v) is 4.07. The maximum absolute atomic E-state index is 13.4. The van der Waals surface area contributed by atoms with Gasteiger partial charge in [0.15, 0.2) is 0 Å². The van der Waals surface area contributed by atoms with Gasteiger partial charge in [0.1, 0.15) is 5.82 Å². The molecule has 25 heavy (non-hydrogen) atoms. The molecule has 1 unspecified atom stereocenters. The van der Waals surface area contributed by atoms with Crippen LogP contribution < -0.4 is 5.32 Å². The maximum atomic E-state index is 13.4. The molecule has 0 spiro atoms. The van der Waals surface area contributed by atoms with Crippen molar-refractivity contribution in [2.45, 2.75) is 26.1 Å². The average molecular weight is 346 g/mol. The molecular weight excluding hydrogens is 329 g/mol. The minimum Gasteiger partial charge on any atom is -0.359 e. The Morgan fingerprint density at radius 2 is 1.84 bits per heavy atom. The Bertz CT molecular complexity index is 857. The van der Waals surface area contributed by atoms with E-state index in [4.69, 9.17) is 0 Å². The van der Waals surface area contributed by atoms with E-state index in [0.717, 1.165) is 17.3 Å². The van der Waals surface area contributed by atoms with E-state index in [2.05, 4.69) is 20.5 Å². The summed E-state index contributed by atoms with van der Waals surface area (Å²) in [7, 11) is 0. The van der Waals surface area contributed by atoms with Gasteiger partial charge in [-0.05, 0) is 37.1 Å². The van der Waals surface area contributed by atoms with Crippen molar-refractivity contribution < 1.29 is 13.2 Å². The van der Waals surface area contributed by atoms with Crippen LogP contribution in [0.3, 0.4) is 0 Å². The number of aromatic amines is 1. The SMILES string of the molecule is Cc1ccc(NC(c2cn[nH]c2)c2ccccc2C(F)(F)F)nc1C. The number of hydrogen-bond acceptors (Lipinski definition) is 3. The summed E-state index contributed by atoms with van der Waals surface area (Å²) < 4.78 is 40.3. The quantitative estimate of drug-likeness (QED) is 0.723. The number of pyridine rings is 1. The summed E-state index contributed by atoms with van der Waals surface area (Å²) in [5.41, 5.74) is 1.87. The first-order valence-electron chi connectivity index (χ1n) is 7.72. The van der Waals surface area contributed by atoms with Crippen LogP contribution in [0.4, 0.5) is 19.0 Å². The van der Waals surface area contributed by atoms with Gasteiger partial charge in [0.25, 0.3) is 0 Å². The van der Waals surface area contributed by atoms with Gasteiger partial charge in [0.05, 0.1) is 17.8 Å². The molecule has 1 atom stereocenters. The van der Waals surface area contributed by atoms with Crippen LogP contribution >= 0.6 is 0 Å². The lowest BCUT2D eigenvalue weighted by molar-refractivity contribution is -0.138. The highest BCUT2D eigenvalue weighted by molar-refractivity contribution is 5.47. The molecule has 0 aliphatic carbocycles. The van der Waals surface area contributed by atoms with Crippen LogP contribution in [0, 0.1) is 13.8 Å². The molecule has 4 nitrogen and oxygen atoms in total. The van der Waals surface area contributed by atoms with E-state index < -0.39 is 17.8 Å². The molecule has 2 aromatic heterocycles. The number of aryl methyl sites for hydroxylation is 2. The Labute approximate surface area is 143 Å². The Morgan fingerprint density at radius 3 is 2.48 bits per heavy atom. The highest BCUT2D eigenvalue weighted by atomic mass is 19.4. The van der Waals surface area contributed by atoms with Crippen LogP contribution in [0.2, 0.25) is 0 Å². The summed E-state index contributed by atoms with van der Waals surface area (Å²) in [5.74, 6) is 0.506. The fourth-order valence-electron chi connectivity index (χ4n) is 2.63. The first kappa shape index (κ1) is 17.0. The minimum absolute atomic E-state index is 0.122. The maximum Gasteiger partial charge on any atom is 0.416 e. The highest BCUT2D eigenvalue weighted by Crippen LogP contribution is 2.37. The zero-order valence-electron chi connectivity index (χ0n) is 13.7. The van der Waals surface area contributed by atoms with Gasteiger partial charge in [-0.15, -0.1) is 0 Å². The first-order valence-corrected chi connectivity index (χ1v) is 7.72. The molecule has 0 fully saturated rings. The number of halogens is 3. The van der Waals surface area contributed by atoms with Gasteiger partial charge in [-0.2, -0.15) is 18.3 Å². The molecule has 2 N–H and O–H groups in total. The predicted molar refractivity (Wildman–Crippen MR) is 89.2 cm³/mol. The number of nitrogens with one attached hydrogen (secondary N) is 2. The second-order valence-electron chi connectivity index (χ2n) is 5.79. The number of alkyl halides is 3. The normalized spacial score (nSPS) is 12.8. The third kappa shape index (κ3) is 3.65. The molecule has 0 aliphatic rings. The molecule has 2 heterocycles. The van der Waals surface area contributed by atoms with Crippen molar-refractivity contribution in [3.05, 3.63) is 76.7 Å². The van der Waals surface area contributed by atoms with Crippen molar-refractivity contribution in [3.63, 3.8) is 0 Å². The van der Waals surface area contributed by atoms with Gasteiger partial charge in [-0.1, -0.05) is 24.3 Å². The molecule has 0 saturated heterocycles. The standard InChI is InChI=1S/C18H17F3N4/c1-11-7-8-16(24-12(11)2)25-17(13-9-22-23-10-13)14-5-3-4-6-15(14)18(19,20)21/h3-10,17H,1-2H3,(H,22,23)(H,24,25). The van der Waals surface area contributed by atoms with E-state index >= 15 is 0 Å². The topological polar surface area (TPSA) is 53.6 Å². The minimum atomic E-state index is -4.45. The van der Waals surface area contributed by atoms with Crippen molar-refractivity contribution in [1.29, 1.82) is 0 Å². The Morgan fingerprint density at radius 1 is 1.08 bits per heavy atom. The number of hydrogen-bond donors (Lipinski definition) is 2. The first-order chi connectivity index (χ1) is 11.9. The lowest BCUT2D eigenvalue weighted by atomic mass is 9.96. The number of rotatable bonds is 4. The van der Waals surface area contributed by atoms with E-state index in [1.54, 1.807) is 18.3 Å². The van der Waals surface area contributed by atoms with E-state index in [0.29, 0.717) is 11.4 Å². The van der Waals surface area contributed by atoms with Crippen molar-refractivity contribution >= 4 is 5.82 Å². The fraction of sp³-hybridized carbons (Fsp3) is 0.222. The summed E-state index contributed by atoms with van der Waals surface area (Å²) >= 11 is 0. The van der Waals surface area contributed by atoms with Gasteiger partial charge in [-0.3, -0.25) is 5.10 Å². The van der Waals surface area contributed by atoms with Gasteiger partial charge in [0, 0.05) is 17.5 Å². The fourth-order valence-corrected chi connectivity index (χ4v) is 2.63. The second kappa shape index (κ2) is 6.58. The van der Waals surface area contributed by atoms with Gasteiger partial charge >= 0.3 is 6.18 Å². The van der Waals surface area contributed by atoms with E-state index in [9.17, 15) is 13.2 Å². The lowest BCUT2D eigenvalue weighted by Crippen LogP contribution is -2.18. The van der Waals surface area contributed by atoms with Crippen LogP contribution in [0.15, 0.2) is 48.8 Å². The highest BCUT2D eigenvalue weighted by Gasteiger charge is 2.35. The number of benzene rings is 1. The van der Waals surface area contributed by atoms with Crippen LogP contribution in [-0.2, 0) is 6.18 Å². The number of H-pyrrole nitrogens is 1. The number of aromatic nitrogens is 3. The molecule has 7 heteroatoms. The van der Waals surface area contributed by atoms with Gasteiger partial charge in [-0.25, -0.2) is 4.98 Å². The largest absolute Gasteiger partial charge is 0.416 e. The summed E-state index contributed by atoms with van der Waals surface area (Å²) in [5, 5.41) is 9.63. The lowest BCUT2D eigenvalue weighted by Gasteiger charge is -2.23. The Balaban J connectivity index is 2.07. The zero-order chi connectivity index (χ0) is 18.0. The molecule has 3 aromatic rings. The summed E-state index contributed by atoms with van der Waals surface area (Å²) in [6.07, 6.45) is -1.37. The summed E-state index contributed by atoms with van der Waals surface area (Å²) in [6.45, 7) is 3.79. The van der Waals surface area contributed by atoms with Crippen LogP contribution in [0.5, 0.6) is 0 Å². The van der Waals surface area contributed by atoms with E-state index in [1.165, 1.54) is 18.3 Å². The Kier molecular flexibility index (Phi) is 4.48. The van der Waals surface area contributed by atoms with Crippen LogP contribution in [0.25, 0.3) is 0 Å². The van der Waals surface area contributed by atoms with Crippen molar-refractivity contribution in [2.24, 2.45) is 0 Å². The van der Waals surface area contributed by atoms with E-state index in [-0.39, 0.29) is 5.56 Å². The molecule has 1 aromatic carbocycles. The molecule has 0 amide bonds. The molecular formula is C18H17F3N4. The smallest absolute Gasteiger partial charge is 0.359 e. The average Bonchev–Trinajstić information content (AvgIpc) is 3.09. The summed E-state index contributed by atoms with van der Waals surface area (Å²) in [4.78, 5) is 4.42. The number of nitrogens with zero attached hydrogens (tertiary/aromatic N) is 2. The van der Waals surface area contributed by atoms with Crippen molar-refractivity contribution in [1.82, 2.24) is 15.2 Å². The molecule has 130 valence electrons. The van der Waals surface area contributed by atoms with Crippen LogP contribution in [0.1, 0.15) is 34.0 Å². The molecule has 0 aliphatic heterocycles. The zero-order valence-corrected chi connectivity index (χ0v) is 13.7. The van der Waals surface area contributed by atoms with Gasteiger partial charge in [0.2, 0.25) is 0 Å². The van der Waals surface area contributed by atoms with Crippen molar-refractivity contribution in [2.75, 3.05) is 5.32 Å². The monoisotopic (exact) mass is 346 g/mol. The van der Waals surface area contributed by atoms with Gasteiger partial charge < -0.3 is 5.32 Å².